The molecular formula is C56H38N2. The van der Waals surface area contributed by atoms with Gasteiger partial charge in [-0.1, -0.05) is 176 Å². The molecule has 11 rings (SSSR count). The Balaban J connectivity index is 1.10. The highest BCUT2D eigenvalue weighted by atomic mass is 15.1. The maximum Gasteiger partial charge on any atom is 0.0553 e. The standard InChI is InChI=1S/C56H38N2/c1-3-15-39(16-4-1)40-29-31-41(32-30-40)42-33-35-47(36-34-42)57(52-28-14-19-43-17-7-9-24-49(43)52)48-23-13-20-45(37-48)55-50-25-10-8-18-44(50)38-54-56(55)51-26-11-12-27-53(51)58(54)46-21-5-2-6-22-46/h1-38H. The molecular weight excluding hydrogens is 701 g/mol. The van der Waals surface area contributed by atoms with Crippen molar-refractivity contribution in [3.63, 3.8) is 0 Å². The monoisotopic (exact) mass is 738 g/mol. The number of fused-ring (bicyclic) bond motifs is 5. The smallest absolute Gasteiger partial charge is 0.0553 e. The molecule has 0 saturated heterocycles. The molecule has 0 bridgehead atoms. The number of benzene rings is 10. The summed E-state index contributed by atoms with van der Waals surface area (Å²) < 4.78 is 2.42. The Kier molecular flexibility index (Phi) is 8.19. The summed E-state index contributed by atoms with van der Waals surface area (Å²) in [5.41, 5.74) is 14.1. The van der Waals surface area contributed by atoms with Crippen molar-refractivity contribution >= 4 is 60.4 Å². The number of anilines is 3. The molecule has 2 nitrogen and oxygen atoms in total. The Morgan fingerprint density at radius 1 is 0.310 bits per heavy atom. The van der Waals surface area contributed by atoms with E-state index in [1.54, 1.807) is 0 Å². The first kappa shape index (κ1) is 33.6. The van der Waals surface area contributed by atoms with E-state index in [1.807, 2.05) is 0 Å². The van der Waals surface area contributed by atoms with E-state index in [2.05, 4.69) is 240 Å². The lowest BCUT2D eigenvalue weighted by Gasteiger charge is -2.27. The van der Waals surface area contributed by atoms with E-state index >= 15 is 0 Å². The number of hydrogen-bond acceptors (Lipinski definition) is 1. The summed E-state index contributed by atoms with van der Waals surface area (Å²) in [5.74, 6) is 0. The van der Waals surface area contributed by atoms with Gasteiger partial charge < -0.3 is 9.47 Å². The fourth-order valence-electron chi connectivity index (χ4n) is 8.87. The van der Waals surface area contributed by atoms with Gasteiger partial charge in [0.15, 0.2) is 0 Å². The fourth-order valence-corrected chi connectivity index (χ4v) is 8.87. The van der Waals surface area contributed by atoms with Crippen LogP contribution >= 0.6 is 0 Å². The van der Waals surface area contributed by atoms with Crippen molar-refractivity contribution < 1.29 is 0 Å². The van der Waals surface area contributed by atoms with Crippen LogP contribution in [0.4, 0.5) is 17.1 Å². The van der Waals surface area contributed by atoms with E-state index in [-0.39, 0.29) is 0 Å². The molecule has 58 heavy (non-hydrogen) atoms. The minimum absolute atomic E-state index is 1.10. The summed E-state index contributed by atoms with van der Waals surface area (Å²) in [6, 6.07) is 83.7. The second kappa shape index (κ2) is 14.1. The third-order valence-corrected chi connectivity index (χ3v) is 11.5. The zero-order chi connectivity index (χ0) is 38.4. The maximum atomic E-state index is 2.42. The van der Waals surface area contributed by atoms with Gasteiger partial charge in [0, 0.05) is 33.2 Å². The van der Waals surface area contributed by atoms with Crippen LogP contribution in [0.15, 0.2) is 231 Å². The molecule has 0 N–H and O–H groups in total. The summed E-state index contributed by atoms with van der Waals surface area (Å²) in [5, 5.41) is 7.37. The van der Waals surface area contributed by atoms with E-state index in [1.165, 1.54) is 76.7 Å². The van der Waals surface area contributed by atoms with Crippen LogP contribution in [0.3, 0.4) is 0 Å². The summed E-state index contributed by atoms with van der Waals surface area (Å²) in [6.45, 7) is 0. The SMILES string of the molecule is c1ccc(-c2ccc(-c3ccc(N(c4cccc(-c5c6ccccc6cc6c5c5ccccc5n6-c5ccccc5)c4)c4cccc5ccccc45)cc3)cc2)cc1. The average molecular weight is 739 g/mol. The number of rotatable bonds is 7. The molecule has 272 valence electrons. The van der Waals surface area contributed by atoms with Crippen LogP contribution in [0.5, 0.6) is 0 Å². The highest BCUT2D eigenvalue weighted by molar-refractivity contribution is 6.23. The van der Waals surface area contributed by atoms with Gasteiger partial charge in [-0.2, -0.15) is 0 Å². The van der Waals surface area contributed by atoms with Crippen LogP contribution in [0.1, 0.15) is 0 Å². The molecule has 10 aromatic carbocycles. The van der Waals surface area contributed by atoms with Crippen molar-refractivity contribution in [1.29, 1.82) is 0 Å². The lowest BCUT2D eigenvalue weighted by atomic mass is 9.92. The summed E-state index contributed by atoms with van der Waals surface area (Å²) >= 11 is 0. The van der Waals surface area contributed by atoms with Gasteiger partial charge in [0.1, 0.15) is 0 Å². The van der Waals surface area contributed by atoms with E-state index in [9.17, 15) is 0 Å². The van der Waals surface area contributed by atoms with E-state index in [0.29, 0.717) is 0 Å². The molecule has 2 heteroatoms. The molecule has 0 fully saturated rings. The quantitative estimate of drug-likeness (QED) is 0.158. The van der Waals surface area contributed by atoms with Gasteiger partial charge in [-0.25, -0.2) is 0 Å². The molecule has 0 aliphatic heterocycles. The van der Waals surface area contributed by atoms with Crippen molar-refractivity contribution in [2.24, 2.45) is 0 Å². The molecule has 0 spiro atoms. The Hall–Kier alpha value is -7.68. The predicted molar refractivity (Wildman–Crippen MR) is 247 cm³/mol. The Labute approximate surface area is 338 Å². The first-order valence-electron chi connectivity index (χ1n) is 19.9. The van der Waals surface area contributed by atoms with Crippen molar-refractivity contribution in [2.45, 2.75) is 0 Å². The third kappa shape index (κ3) is 5.74. The topological polar surface area (TPSA) is 8.17 Å². The Bertz CT molecular complexity index is 3250. The number of nitrogens with zero attached hydrogens (tertiary/aromatic N) is 2. The molecule has 0 saturated carbocycles. The molecule has 1 aromatic heterocycles. The molecule has 0 aliphatic rings. The zero-order valence-electron chi connectivity index (χ0n) is 31.8. The molecule has 0 radical (unpaired) electrons. The maximum absolute atomic E-state index is 2.42. The highest BCUT2D eigenvalue weighted by Crippen LogP contribution is 2.46. The molecule has 0 unspecified atom stereocenters. The number of hydrogen-bond donors (Lipinski definition) is 0. The van der Waals surface area contributed by atoms with Gasteiger partial charge in [-0.3, -0.25) is 0 Å². The second-order valence-electron chi connectivity index (χ2n) is 14.9. The minimum Gasteiger partial charge on any atom is -0.310 e. The normalized spacial score (nSPS) is 11.4. The first-order chi connectivity index (χ1) is 28.8. The zero-order valence-corrected chi connectivity index (χ0v) is 31.8. The van der Waals surface area contributed by atoms with Crippen LogP contribution in [-0.2, 0) is 0 Å². The van der Waals surface area contributed by atoms with Crippen molar-refractivity contribution in [1.82, 2.24) is 4.57 Å². The van der Waals surface area contributed by atoms with Crippen LogP contribution in [-0.4, -0.2) is 4.57 Å². The molecule has 0 amide bonds. The van der Waals surface area contributed by atoms with Crippen molar-refractivity contribution in [3.8, 4) is 39.1 Å². The van der Waals surface area contributed by atoms with Crippen LogP contribution in [0.2, 0.25) is 0 Å². The lowest BCUT2D eigenvalue weighted by Crippen LogP contribution is -2.10. The third-order valence-electron chi connectivity index (χ3n) is 11.5. The van der Waals surface area contributed by atoms with Crippen LogP contribution in [0, 0.1) is 0 Å². The van der Waals surface area contributed by atoms with Gasteiger partial charge in [0.05, 0.1) is 16.7 Å². The van der Waals surface area contributed by atoms with Crippen LogP contribution < -0.4 is 4.90 Å². The van der Waals surface area contributed by atoms with Gasteiger partial charge in [0.25, 0.3) is 0 Å². The number of para-hydroxylation sites is 2. The van der Waals surface area contributed by atoms with Crippen molar-refractivity contribution in [3.05, 3.63) is 231 Å². The summed E-state index contributed by atoms with van der Waals surface area (Å²) in [4.78, 5) is 2.42. The van der Waals surface area contributed by atoms with Crippen LogP contribution in [0.25, 0.3) is 82.4 Å². The number of aromatic nitrogens is 1. The van der Waals surface area contributed by atoms with Crippen molar-refractivity contribution in [2.75, 3.05) is 4.90 Å². The Morgan fingerprint density at radius 3 is 1.59 bits per heavy atom. The predicted octanol–water partition coefficient (Wildman–Crippen LogP) is 15.6. The van der Waals surface area contributed by atoms with Gasteiger partial charge in [0.2, 0.25) is 0 Å². The Morgan fingerprint density at radius 2 is 0.845 bits per heavy atom. The molecule has 0 atom stereocenters. The van der Waals surface area contributed by atoms with E-state index in [4.69, 9.17) is 0 Å². The molecule has 0 aliphatic carbocycles. The highest BCUT2D eigenvalue weighted by Gasteiger charge is 2.21. The van der Waals surface area contributed by atoms with Gasteiger partial charge >= 0.3 is 0 Å². The van der Waals surface area contributed by atoms with Gasteiger partial charge in [-0.05, 0) is 104 Å². The lowest BCUT2D eigenvalue weighted by molar-refractivity contribution is 1.18. The summed E-state index contributed by atoms with van der Waals surface area (Å²) in [7, 11) is 0. The summed E-state index contributed by atoms with van der Waals surface area (Å²) in [6.07, 6.45) is 0. The fraction of sp³-hybridized carbons (Fsp3) is 0. The first-order valence-corrected chi connectivity index (χ1v) is 19.9. The molecule has 11 aromatic rings. The second-order valence-corrected chi connectivity index (χ2v) is 14.9. The largest absolute Gasteiger partial charge is 0.310 e. The van der Waals surface area contributed by atoms with E-state index in [0.717, 1.165) is 22.7 Å². The van der Waals surface area contributed by atoms with E-state index < -0.39 is 0 Å². The molecule has 1 heterocycles. The minimum atomic E-state index is 1.10. The average Bonchev–Trinajstić information content (AvgIpc) is 3.63. The van der Waals surface area contributed by atoms with Gasteiger partial charge in [-0.15, -0.1) is 0 Å².